The fourth-order valence-electron chi connectivity index (χ4n) is 0.414. The summed E-state index contributed by atoms with van der Waals surface area (Å²) in [6.07, 6.45) is -9.08. The normalized spacial score (nSPS) is 14.3. The molecule has 0 rings (SSSR count). The van der Waals surface area contributed by atoms with Crippen molar-refractivity contribution in [3.63, 3.8) is 0 Å². The van der Waals surface area contributed by atoms with Crippen LogP contribution in [0.3, 0.4) is 0 Å². The van der Waals surface area contributed by atoms with Gasteiger partial charge in [0.05, 0.1) is 13.5 Å². The van der Waals surface area contributed by atoms with E-state index in [0.29, 0.717) is 0 Å². The highest BCUT2D eigenvalue weighted by Crippen LogP contribution is 2.23. The lowest BCUT2D eigenvalue weighted by Gasteiger charge is -2.08. The van der Waals surface area contributed by atoms with Gasteiger partial charge in [-0.3, -0.25) is 0 Å². The minimum atomic E-state index is -4.67. The molecule has 0 saturated heterocycles. The summed E-state index contributed by atoms with van der Waals surface area (Å²) in [5, 5.41) is 0. The molecule has 6 heteroatoms. The van der Waals surface area contributed by atoms with Gasteiger partial charge in [-0.05, 0) is 0 Å². The Hall–Kier alpha value is -0.810. The third kappa shape index (κ3) is 4.58. The number of hydrogen-bond donors (Lipinski definition) is 0. The van der Waals surface area contributed by atoms with Crippen molar-refractivity contribution in [2.24, 2.45) is 0 Å². The summed E-state index contributed by atoms with van der Waals surface area (Å²) in [6, 6.07) is 0. The van der Waals surface area contributed by atoms with Gasteiger partial charge in [-0.15, -0.1) is 0 Å². The maximum absolute atomic E-state index is 12.1. The number of esters is 1. The summed E-state index contributed by atoms with van der Waals surface area (Å²) >= 11 is 0. The third-order valence-corrected chi connectivity index (χ3v) is 0.868. The number of alkyl halides is 4. The molecular formula is C5H6F4O2. The molecule has 0 aliphatic carbocycles. The Bertz CT molecular complexity index is 142. The Morgan fingerprint density at radius 1 is 1.55 bits per heavy atom. The van der Waals surface area contributed by atoms with Crippen LogP contribution in [0, 0.1) is 0 Å². The molecule has 0 aromatic heterocycles. The summed E-state index contributed by atoms with van der Waals surface area (Å²) in [6.45, 7) is 0. The smallest absolute Gasteiger partial charge is 0.392 e. The van der Waals surface area contributed by atoms with Crippen LogP contribution in [-0.4, -0.2) is 25.4 Å². The maximum atomic E-state index is 12.1. The Morgan fingerprint density at radius 2 is 2.00 bits per heavy atom. The predicted molar refractivity (Wildman–Crippen MR) is 27.6 cm³/mol. The summed E-state index contributed by atoms with van der Waals surface area (Å²) < 4.78 is 49.9. The molecule has 0 aromatic carbocycles. The molecule has 0 aliphatic rings. The molecule has 2 nitrogen and oxygen atoms in total. The molecule has 11 heavy (non-hydrogen) atoms. The van der Waals surface area contributed by atoms with E-state index in [1.807, 2.05) is 0 Å². The van der Waals surface area contributed by atoms with Crippen LogP contribution in [0.2, 0.25) is 0 Å². The van der Waals surface area contributed by atoms with Gasteiger partial charge in [0.2, 0.25) is 6.17 Å². The van der Waals surface area contributed by atoms with E-state index in [0.717, 1.165) is 7.11 Å². The Morgan fingerprint density at radius 3 is 2.27 bits per heavy atom. The van der Waals surface area contributed by atoms with Crippen LogP contribution in [0.4, 0.5) is 17.6 Å². The molecule has 0 bridgehead atoms. The number of rotatable bonds is 2. The fraction of sp³-hybridized carbons (Fsp3) is 0.800. The first-order chi connectivity index (χ1) is 4.87. The first kappa shape index (κ1) is 10.2. The molecule has 1 atom stereocenters. The van der Waals surface area contributed by atoms with Gasteiger partial charge in [0.15, 0.2) is 0 Å². The van der Waals surface area contributed by atoms with Gasteiger partial charge in [0.1, 0.15) is 0 Å². The fourth-order valence-corrected chi connectivity index (χ4v) is 0.414. The molecule has 0 fully saturated rings. The Kier molecular flexibility index (Phi) is 3.28. The SMILES string of the molecule is COC(=O)C(F)CC(F)(F)F. The van der Waals surface area contributed by atoms with Crippen molar-refractivity contribution < 1.29 is 27.1 Å². The van der Waals surface area contributed by atoms with E-state index in [9.17, 15) is 22.4 Å². The second kappa shape index (κ2) is 3.54. The molecule has 0 N–H and O–H groups in total. The average Bonchev–Trinajstić information content (AvgIpc) is 1.82. The molecule has 0 radical (unpaired) electrons. The topological polar surface area (TPSA) is 26.3 Å². The first-order valence-corrected chi connectivity index (χ1v) is 2.65. The van der Waals surface area contributed by atoms with E-state index in [2.05, 4.69) is 4.74 Å². The van der Waals surface area contributed by atoms with Crippen molar-refractivity contribution in [1.82, 2.24) is 0 Å². The average molecular weight is 174 g/mol. The standard InChI is InChI=1S/C5H6F4O2/c1-11-4(10)3(6)2-5(7,8)9/h3H,2H2,1H3. The molecule has 0 spiro atoms. The quantitative estimate of drug-likeness (QED) is 0.467. The van der Waals surface area contributed by atoms with Crippen LogP contribution in [0.1, 0.15) is 6.42 Å². The van der Waals surface area contributed by atoms with E-state index >= 15 is 0 Å². The lowest BCUT2D eigenvalue weighted by molar-refractivity contribution is -0.167. The minimum Gasteiger partial charge on any atom is -0.467 e. The second-order valence-corrected chi connectivity index (χ2v) is 1.81. The highest BCUT2D eigenvalue weighted by atomic mass is 19.4. The third-order valence-electron chi connectivity index (χ3n) is 0.868. The zero-order valence-electron chi connectivity index (χ0n) is 5.61. The summed E-state index contributed by atoms with van der Waals surface area (Å²) in [4.78, 5) is 10.1. The molecular weight excluding hydrogens is 168 g/mol. The van der Waals surface area contributed by atoms with Gasteiger partial charge in [-0.25, -0.2) is 9.18 Å². The molecule has 1 unspecified atom stereocenters. The van der Waals surface area contributed by atoms with Gasteiger partial charge >= 0.3 is 12.1 Å². The van der Waals surface area contributed by atoms with Gasteiger partial charge in [-0.1, -0.05) is 0 Å². The van der Waals surface area contributed by atoms with Crippen molar-refractivity contribution in [3.8, 4) is 0 Å². The van der Waals surface area contributed by atoms with Crippen molar-refractivity contribution >= 4 is 5.97 Å². The van der Waals surface area contributed by atoms with Gasteiger partial charge in [0, 0.05) is 0 Å². The summed E-state index contributed by atoms with van der Waals surface area (Å²) in [5.74, 6) is -1.50. The number of carbonyl (C=O) groups excluding carboxylic acids is 1. The van der Waals surface area contributed by atoms with Crippen molar-refractivity contribution in [2.75, 3.05) is 7.11 Å². The van der Waals surface area contributed by atoms with Crippen LogP contribution in [0.25, 0.3) is 0 Å². The van der Waals surface area contributed by atoms with Crippen LogP contribution in [0.15, 0.2) is 0 Å². The lowest BCUT2D eigenvalue weighted by Crippen LogP contribution is -2.24. The van der Waals surface area contributed by atoms with Crippen LogP contribution in [0.5, 0.6) is 0 Å². The van der Waals surface area contributed by atoms with Crippen molar-refractivity contribution in [3.05, 3.63) is 0 Å². The van der Waals surface area contributed by atoms with Gasteiger partial charge < -0.3 is 4.74 Å². The largest absolute Gasteiger partial charge is 0.467 e. The lowest BCUT2D eigenvalue weighted by atomic mass is 10.3. The monoisotopic (exact) mass is 174 g/mol. The number of methoxy groups -OCH3 is 1. The summed E-state index contributed by atoms with van der Waals surface area (Å²) in [7, 11) is 0.825. The van der Waals surface area contributed by atoms with E-state index in [4.69, 9.17) is 0 Å². The highest BCUT2D eigenvalue weighted by molar-refractivity contribution is 5.74. The van der Waals surface area contributed by atoms with Crippen LogP contribution in [-0.2, 0) is 9.53 Å². The van der Waals surface area contributed by atoms with Crippen LogP contribution < -0.4 is 0 Å². The van der Waals surface area contributed by atoms with Crippen molar-refractivity contribution in [1.29, 1.82) is 0 Å². The number of carbonyl (C=O) groups is 1. The number of hydrogen-bond acceptors (Lipinski definition) is 2. The number of halogens is 4. The molecule has 0 amide bonds. The zero-order valence-corrected chi connectivity index (χ0v) is 5.61. The molecule has 0 aliphatic heterocycles. The molecule has 66 valence electrons. The highest BCUT2D eigenvalue weighted by Gasteiger charge is 2.35. The van der Waals surface area contributed by atoms with E-state index in [1.54, 1.807) is 0 Å². The first-order valence-electron chi connectivity index (χ1n) is 2.65. The Labute approximate surface area is 60.1 Å². The molecule has 0 aromatic rings. The summed E-state index contributed by atoms with van der Waals surface area (Å²) in [5.41, 5.74) is 0. The second-order valence-electron chi connectivity index (χ2n) is 1.81. The molecule has 0 heterocycles. The number of ether oxygens (including phenoxy) is 1. The van der Waals surface area contributed by atoms with E-state index in [1.165, 1.54) is 0 Å². The van der Waals surface area contributed by atoms with Gasteiger partial charge in [-0.2, -0.15) is 13.2 Å². The molecule has 0 saturated carbocycles. The van der Waals surface area contributed by atoms with E-state index in [-0.39, 0.29) is 0 Å². The zero-order chi connectivity index (χ0) is 9.07. The van der Waals surface area contributed by atoms with Gasteiger partial charge in [0.25, 0.3) is 0 Å². The Balaban J connectivity index is 3.87. The van der Waals surface area contributed by atoms with Crippen LogP contribution >= 0.6 is 0 Å². The van der Waals surface area contributed by atoms with Crippen molar-refractivity contribution in [2.45, 2.75) is 18.8 Å². The minimum absolute atomic E-state index is 0.825. The predicted octanol–water partition coefficient (Wildman–Crippen LogP) is 1.45. The van der Waals surface area contributed by atoms with E-state index < -0.39 is 24.7 Å². The maximum Gasteiger partial charge on any atom is 0.392 e.